The second-order valence-corrected chi connectivity index (χ2v) is 7.76. The lowest BCUT2D eigenvalue weighted by atomic mass is 9.87. The summed E-state index contributed by atoms with van der Waals surface area (Å²) in [4.78, 5) is 28.1. The molecule has 0 fully saturated rings. The fraction of sp³-hybridized carbons (Fsp3) is 0.185. The molecule has 0 saturated heterocycles. The van der Waals surface area contributed by atoms with E-state index in [0.717, 1.165) is 33.3 Å². The highest BCUT2D eigenvalue weighted by Crippen LogP contribution is 2.38. The summed E-state index contributed by atoms with van der Waals surface area (Å²) in [6.45, 7) is 0.463. The van der Waals surface area contributed by atoms with E-state index in [-0.39, 0.29) is 18.2 Å². The Kier molecular flexibility index (Phi) is 6.74. The molecule has 1 aromatic heterocycles. The molecule has 2 N–H and O–H groups in total. The van der Waals surface area contributed by atoms with E-state index in [1.54, 1.807) is 19.2 Å². The third-order valence-corrected chi connectivity index (χ3v) is 5.75. The van der Waals surface area contributed by atoms with Gasteiger partial charge in [0, 0.05) is 36.0 Å². The number of amides is 1. The molecule has 4 aromatic rings. The van der Waals surface area contributed by atoms with Crippen molar-refractivity contribution < 1.29 is 19.1 Å². The minimum Gasteiger partial charge on any atom is -0.496 e. The van der Waals surface area contributed by atoms with Gasteiger partial charge in [-0.3, -0.25) is 4.79 Å². The van der Waals surface area contributed by atoms with E-state index in [4.69, 9.17) is 9.47 Å². The molecular formula is C27H26N2O4. The number of ether oxygens (including phenoxy) is 2. The number of aromatic nitrogens is 1. The molecule has 0 saturated carbocycles. The van der Waals surface area contributed by atoms with E-state index in [1.165, 1.54) is 7.11 Å². The Balaban J connectivity index is 1.67. The summed E-state index contributed by atoms with van der Waals surface area (Å²) in [5.74, 6) is 0.0414. The summed E-state index contributed by atoms with van der Waals surface area (Å²) in [6.07, 6.45) is 2.17. The normalized spacial score (nSPS) is 11.7. The molecular weight excluding hydrogens is 416 g/mol. The quantitative estimate of drug-likeness (QED) is 0.384. The van der Waals surface area contributed by atoms with Crippen LogP contribution in [0.3, 0.4) is 0 Å². The van der Waals surface area contributed by atoms with Crippen molar-refractivity contribution in [1.82, 2.24) is 10.3 Å². The Morgan fingerprint density at radius 2 is 1.70 bits per heavy atom. The van der Waals surface area contributed by atoms with Gasteiger partial charge in [-0.05, 0) is 41.0 Å². The Morgan fingerprint density at radius 1 is 0.939 bits per heavy atom. The fourth-order valence-corrected chi connectivity index (χ4v) is 4.05. The molecule has 1 unspecified atom stereocenters. The number of benzene rings is 3. The number of H-pyrrole nitrogens is 1. The van der Waals surface area contributed by atoms with Gasteiger partial charge in [0.05, 0.1) is 19.8 Å². The lowest BCUT2D eigenvalue weighted by Crippen LogP contribution is -2.25. The van der Waals surface area contributed by atoms with Crippen molar-refractivity contribution in [3.63, 3.8) is 0 Å². The number of rotatable bonds is 8. The molecule has 168 valence electrons. The molecule has 0 aliphatic rings. The number of hydrogen-bond donors (Lipinski definition) is 2. The summed E-state index contributed by atoms with van der Waals surface area (Å²) < 4.78 is 10.4. The van der Waals surface area contributed by atoms with Gasteiger partial charge in [-0.25, -0.2) is 4.79 Å². The number of fused-ring (bicyclic) bond motifs is 1. The summed E-state index contributed by atoms with van der Waals surface area (Å²) in [5.41, 5.74) is 4.32. The van der Waals surface area contributed by atoms with Crippen LogP contribution in [0.1, 0.15) is 39.4 Å². The number of aromatic amines is 1. The minimum absolute atomic E-state index is 0.0647. The van der Waals surface area contributed by atoms with E-state index in [0.29, 0.717) is 12.1 Å². The van der Waals surface area contributed by atoms with Gasteiger partial charge in [-0.15, -0.1) is 0 Å². The molecule has 0 radical (unpaired) electrons. The van der Waals surface area contributed by atoms with Crippen molar-refractivity contribution in [3.05, 3.63) is 101 Å². The van der Waals surface area contributed by atoms with Crippen LogP contribution in [0.5, 0.6) is 5.75 Å². The number of esters is 1. The number of methoxy groups -OCH3 is 2. The smallest absolute Gasteiger partial charge is 0.337 e. The van der Waals surface area contributed by atoms with Crippen molar-refractivity contribution >= 4 is 22.8 Å². The van der Waals surface area contributed by atoms with Crippen LogP contribution in [0, 0.1) is 0 Å². The van der Waals surface area contributed by atoms with Crippen molar-refractivity contribution in [1.29, 1.82) is 0 Å². The van der Waals surface area contributed by atoms with Gasteiger partial charge in [-0.1, -0.05) is 48.5 Å². The van der Waals surface area contributed by atoms with Crippen LogP contribution in [0.4, 0.5) is 0 Å². The molecule has 0 aliphatic heterocycles. The Morgan fingerprint density at radius 3 is 2.39 bits per heavy atom. The number of nitrogens with one attached hydrogen (secondary N) is 2. The molecule has 33 heavy (non-hydrogen) atoms. The lowest BCUT2D eigenvalue weighted by molar-refractivity contribution is -0.121. The van der Waals surface area contributed by atoms with Crippen LogP contribution < -0.4 is 10.1 Å². The molecule has 0 aliphatic carbocycles. The first-order valence-corrected chi connectivity index (χ1v) is 10.7. The zero-order valence-electron chi connectivity index (χ0n) is 18.6. The molecule has 3 aromatic carbocycles. The Bertz CT molecular complexity index is 1250. The second-order valence-electron chi connectivity index (χ2n) is 7.76. The average molecular weight is 443 g/mol. The topological polar surface area (TPSA) is 80.4 Å². The van der Waals surface area contributed by atoms with Crippen LogP contribution in [-0.2, 0) is 16.1 Å². The van der Waals surface area contributed by atoms with E-state index in [2.05, 4.69) is 10.3 Å². The maximum atomic E-state index is 13.0. The predicted molar refractivity (Wildman–Crippen MR) is 127 cm³/mol. The molecule has 1 heterocycles. The molecule has 4 rings (SSSR count). The molecule has 6 heteroatoms. The highest BCUT2D eigenvalue weighted by Gasteiger charge is 2.23. The monoisotopic (exact) mass is 442 g/mol. The first-order chi connectivity index (χ1) is 16.1. The standard InChI is InChI=1S/C27H26N2O4/c1-32-24-10-6-9-23-26(24)22(17-28-23)21(19-11-13-20(14-12-19)27(31)33-2)15-25(30)29-16-18-7-4-3-5-8-18/h3-14,17,21,28H,15-16H2,1-2H3,(H,29,30). The minimum atomic E-state index is -0.396. The van der Waals surface area contributed by atoms with Crippen LogP contribution in [0.2, 0.25) is 0 Å². The van der Waals surface area contributed by atoms with Crippen molar-refractivity contribution in [2.45, 2.75) is 18.9 Å². The summed E-state index contributed by atoms with van der Waals surface area (Å²) >= 11 is 0. The van der Waals surface area contributed by atoms with Crippen molar-refractivity contribution in [3.8, 4) is 5.75 Å². The van der Waals surface area contributed by atoms with Crippen molar-refractivity contribution in [2.24, 2.45) is 0 Å². The van der Waals surface area contributed by atoms with Crippen LogP contribution in [-0.4, -0.2) is 31.1 Å². The van der Waals surface area contributed by atoms with Gasteiger partial charge in [-0.2, -0.15) is 0 Å². The zero-order valence-corrected chi connectivity index (χ0v) is 18.6. The maximum Gasteiger partial charge on any atom is 0.337 e. The summed E-state index contributed by atoms with van der Waals surface area (Å²) in [6, 6.07) is 22.8. The third-order valence-electron chi connectivity index (χ3n) is 5.75. The first-order valence-electron chi connectivity index (χ1n) is 10.7. The van der Waals surface area contributed by atoms with Gasteiger partial charge < -0.3 is 19.8 Å². The van der Waals surface area contributed by atoms with Gasteiger partial charge in [0.15, 0.2) is 0 Å². The number of carbonyl (C=O) groups excluding carboxylic acids is 2. The Hall–Kier alpha value is -4.06. The maximum absolute atomic E-state index is 13.0. The molecule has 6 nitrogen and oxygen atoms in total. The summed E-state index contributed by atoms with van der Waals surface area (Å²) in [5, 5.41) is 3.96. The molecule has 1 amide bonds. The number of hydrogen-bond acceptors (Lipinski definition) is 4. The van der Waals surface area contributed by atoms with Crippen molar-refractivity contribution in [2.75, 3.05) is 14.2 Å². The number of carbonyl (C=O) groups is 2. The van der Waals surface area contributed by atoms with E-state index < -0.39 is 5.97 Å². The van der Waals surface area contributed by atoms with Gasteiger partial charge in [0.25, 0.3) is 0 Å². The lowest BCUT2D eigenvalue weighted by Gasteiger charge is -2.18. The Labute approximate surface area is 192 Å². The first kappa shape index (κ1) is 22.1. The predicted octanol–water partition coefficient (Wildman–Crippen LogP) is 4.80. The van der Waals surface area contributed by atoms with E-state index in [9.17, 15) is 9.59 Å². The highest BCUT2D eigenvalue weighted by atomic mass is 16.5. The van der Waals surface area contributed by atoms with Crippen LogP contribution in [0.25, 0.3) is 10.9 Å². The zero-order chi connectivity index (χ0) is 23.2. The van der Waals surface area contributed by atoms with Gasteiger partial charge >= 0.3 is 5.97 Å². The van der Waals surface area contributed by atoms with E-state index in [1.807, 2.05) is 66.9 Å². The average Bonchev–Trinajstić information content (AvgIpc) is 3.30. The molecule has 0 spiro atoms. The largest absolute Gasteiger partial charge is 0.496 e. The molecule has 1 atom stereocenters. The fourth-order valence-electron chi connectivity index (χ4n) is 4.05. The highest BCUT2D eigenvalue weighted by molar-refractivity contribution is 5.92. The molecule has 0 bridgehead atoms. The van der Waals surface area contributed by atoms with Gasteiger partial charge in [0.1, 0.15) is 5.75 Å². The van der Waals surface area contributed by atoms with Crippen LogP contribution >= 0.6 is 0 Å². The van der Waals surface area contributed by atoms with E-state index >= 15 is 0 Å². The third kappa shape index (κ3) is 4.90. The SMILES string of the molecule is COC(=O)c1ccc(C(CC(=O)NCc2ccccc2)c2c[nH]c3cccc(OC)c23)cc1. The van der Waals surface area contributed by atoms with Crippen LogP contribution in [0.15, 0.2) is 79.0 Å². The second kappa shape index (κ2) is 10.0. The van der Waals surface area contributed by atoms with Gasteiger partial charge in [0.2, 0.25) is 5.91 Å². The summed E-state index contributed by atoms with van der Waals surface area (Å²) in [7, 11) is 2.99.